The maximum Gasteiger partial charge on any atom is 0.231 e. The van der Waals surface area contributed by atoms with Gasteiger partial charge in [0.2, 0.25) is 5.79 Å². The molecule has 3 heteroatoms. The minimum atomic E-state index is -0.691. The summed E-state index contributed by atoms with van der Waals surface area (Å²) in [7, 11) is 0. The van der Waals surface area contributed by atoms with Crippen molar-refractivity contribution in [2.75, 3.05) is 6.61 Å². The molecule has 0 unspecified atom stereocenters. The molecule has 0 bridgehead atoms. The summed E-state index contributed by atoms with van der Waals surface area (Å²) in [5, 5.41) is 9.36. The van der Waals surface area contributed by atoms with E-state index < -0.39 is 5.79 Å². The SMILES string of the molecule is CC#CC#C/C=C1\C=C[C@@]2(CC[C@@H](O)CO2)O1. The first-order valence-corrected chi connectivity index (χ1v) is 5.57. The molecule has 2 aliphatic heterocycles. The number of aliphatic hydroxyl groups is 1. The molecule has 0 aliphatic carbocycles. The van der Waals surface area contributed by atoms with Crippen molar-refractivity contribution >= 4 is 0 Å². The number of aliphatic hydroxyl groups excluding tert-OH is 1. The van der Waals surface area contributed by atoms with Crippen LogP contribution in [0.2, 0.25) is 0 Å². The second kappa shape index (κ2) is 5.10. The van der Waals surface area contributed by atoms with Crippen LogP contribution < -0.4 is 0 Å². The van der Waals surface area contributed by atoms with Crippen molar-refractivity contribution < 1.29 is 14.6 Å². The first-order chi connectivity index (χ1) is 8.24. The van der Waals surface area contributed by atoms with E-state index in [0.717, 1.165) is 0 Å². The van der Waals surface area contributed by atoms with Gasteiger partial charge in [-0.15, -0.1) is 0 Å². The Morgan fingerprint density at radius 2 is 2.41 bits per heavy atom. The summed E-state index contributed by atoms with van der Waals surface area (Å²) in [5.74, 6) is 10.8. The minimum Gasteiger partial charge on any atom is -0.458 e. The van der Waals surface area contributed by atoms with Gasteiger partial charge < -0.3 is 14.6 Å². The van der Waals surface area contributed by atoms with E-state index in [0.29, 0.717) is 25.2 Å². The van der Waals surface area contributed by atoms with Crippen molar-refractivity contribution in [2.24, 2.45) is 0 Å². The lowest BCUT2D eigenvalue weighted by Crippen LogP contribution is -2.39. The van der Waals surface area contributed by atoms with Gasteiger partial charge in [0, 0.05) is 12.5 Å². The molecule has 0 aromatic carbocycles. The van der Waals surface area contributed by atoms with Gasteiger partial charge in [-0.1, -0.05) is 11.8 Å². The van der Waals surface area contributed by atoms with E-state index in [2.05, 4.69) is 23.7 Å². The van der Waals surface area contributed by atoms with Gasteiger partial charge >= 0.3 is 0 Å². The number of allylic oxidation sites excluding steroid dienone is 2. The van der Waals surface area contributed by atoms with Gasteiger partial charge in [-0.25, -0.2) is 0 Å². The zero-order valence-electron chi connectivity index (χ0n) is 9.69. The van der Waals surface area contributed by atoms with E-state index in [4.69, 9.17) is 9.47 Å². The Kier molecular flexibility index (Phi) is 3.54. The topological polar surface area (TPSA) is 38.7 Å². The first-order valence-electron chi connectivity index (χ1n) is 5.57. The quantitative estimate of drug-likeness (QED) is 0.638. The number of hydrogen-bond donors (Lipinski definition) is 1. The lowest BCUT2D eigenvalue weighted by atomic mass is 10.0. The third kappa shape index (κ3) is 2.91. The molecular weight excluding hydrogens is 216 g/mol. The molecule has 2 atom stereocenters. The molecule has 2 heterocycles. The van der Waals surface area contributed by atoms with Crippen LogP contribution in [0.3, 0.4) is 0 Å². The van der Waals surface area contributed by atoms with E-state index in [1.165, 1.54) is 0 Å². The fraction of sp³-hybridized carbons (Fsp3) is 0.429. The lowest BCUT2D eigenvalue weighted by molar-refractivity contribution is -0.214. The highest BCUT2D eigenvalue weighted by Gasteiger charge is 2.39. The average molecular weight is 230 g/mol. The van der Waals surface area contributed by atoms with E-state index in [9.17, 15) is 5.11 Å². The smallest absolute Gasteiger partial charge is 0.231 e. The van der Waals surface area contributed by atoms with Crippen LogP contribution in [0.1, 0.15) is 19.8 Å². The molecule has 1 spiro atoms. The van der Waals surface area contributed by atoms with Crippen LogP contribution in [0.25, 0.3) is 0 Å². The van der Waals surface area contributed by atoms with Crippen LogP contribution >= 0.6 is 0 Å². The summed E-state index contributed by atoms with van der Waals surface area (Å²) in [6.45, 7) is 2.05. The highest BCUT2D eigenvalue weighted by atomic mass is 16.7. The van der Waals surface area contributed by atoms with E-state index in [-0.39, 0.29) is 6.10 Å². The van der Waals surface area contributed by atoms with E-state index in [1.807, 2.05) is 12.2 Å². The largest absolute Gasteiger partial charge is 0.458 e. The summed E-state index contributed by atoms with van der Waals surface area (Å²) < 4.78 is 11.2. The van der Waals surface area contributed by atoms with Crippen molar-refractivity contribution in [3.63, 3.8) is 0 Å². The van der Waals surface area contributed by atoms with Gasteiger partial charge in [-0.3, -0.25) is 0 Å². The molecule has 17 heavy (non-hydrogen) atoms. The predicted octanol–water partition coefficient (Wildman–Crippen LogP) is 1.35. The molecular formula is C14H14O3. The zero-order chi connectivity index (χ0) is 12.1. The first kappa shape index (κ1) is 11.8. The van der Waals surface area contributed by atoms with Gasteiger partial charge in [0.15, 0.2) is 0 Å². The van der Waals surface area contributed by atoms with Gasteiger partial charge in [-0.05, 0) is 37.3 Å². The van der Waals surface area contributed by atoms with Crippen LogP contribution in [0.4, 0.5) is 0 Å². The van der Waals surface area contributed by atoms with Crippen LogP contribution in [-0.2, 0) is 9.47 Å². The molecule has 2 aliphatic rings. The minimum absolute atomic E-state index is 0.310. The molecule has 3 nitrogen and oxygen atoms in total. The highest BCUT2D eigenvalue weighted by molar-refractivity contribution is 5.35. The summed E-state index contributed by atoms with van der Waals surface area (Å²) in [5.41, 5.74) is 0. The van der Waals surface area contributed by atoms with E-state index in [1.54, 1.807) is 13.0 Å². The molecule has 0 amide bonds. The number of hydrogen-bond acceptors (Lipinski definition) is 3. The fourth-order valence-electron chi connectivity index (χ4n) is 1.73. The molecule has 1 saturated heterocycles. The second-order valence-electron chi connectivity index (χ2n) is 3.94. The summed E-state index contributed by atoms with van der Waals surface area (Å²) in [6, 6.07) is 0. The molecule has 0 aromatic heterocycles. The zero-order valence-corrected chi connectivity index (χ0v) is 9.69. The Hall–Kier alpha value is -1.68. The number of rotatable bonds is 0. The molecule has 0 aromatic rings. The fourth-order valence-corrected chi connectivity index (χ4v) is 1.73. The Morgan fingerprint density at radius 3 is 3.12 bits per heavy atom. The molecule has 0 radical (unpaired) electrons. The standard InChI is InChI=1S/C14H14O3/c1-2-3-4-5-6-13-8-10-14(17-13)9-7-12(15)11-16-14/h6,8,10,12,15H,7,9,11H2,1H3/b13-6+/t12-,14-/m1/s1. The molecule has 1 fully saturated rings. The Bertz CT molecular complexity index is 457. The molecule has 2 rings (SSSR count). The number of ether oxygens (including phenoxy) is 2. The maximum atomic E-state index is 9.36. The van der Waals surface area contributed by atoms with Crippen LogP contribution in [0, 0.1) is 23.7 Å². The van der Waals surface area contributed by atoms with Crippen LogP contribution in [0.15, 0.2) is 24.0 Å². The second-order valence-corrected chi connectivity index (χ2v) is 3.94. The maximum absolute atomic E-state index is 9.36. The van der Waals surface area contributed by atoms with Crippen molar-refractivity contribution in [3.05, 3.63) is 24.0 Å². The van der Waals surface area contributed by atoms with Crippen LogP contribution in [-0.4, -0.2) is 23.6 Å². The van der Waals surface area contributed by atoms with Crippen molar-refractivity contribution in [1.82, 2.24) is 0 Å². The molecule has 0 saturated carbocycles. The van der Waals surface area contributed by atoms with E-state index >= 15 is 0 Å². The average Bonchev–Trinajstić information content (AvgIpc) is 2.73. The highest BCUT2D eigenvalue weighted by Crippen LogP contribution is 2.34. The summed E-state index contributed by atoms with van der Waals surface area (Å²) in [4.78, 5) is 0. The predicted molar refractivity (Wildman–Crippen MR) is 63.5 cm³/mol. The molecule has 1 N–H and O–H groups in total. The monoisotopic (exact) mass is 230 g/mol. The van der Waals surface area contributed by atoms with Crippen LogP contribution in [0.5, 0.6) is 0 Å². The van der Waals surface area contributed by atoms with Crippen molar-refractivity contribution in [3.8, 4) is 23.7 Å². The Labute approximate surface area is 101 Å². The Balaban J connectivity index is 1.98. The van der Waals surface area contributed by atoms with Gasteiger partial charge in [0.25, 0.3) is 0 Å². The third-order valence-electron chi connectivity index (χ3n) is 2.61. The Morgan fingerprint density at radius 1 is 1.53 bits per heavy atom. The van der Waals surface area contributed by atoms with Crippen molar-refractivity contribution in [1.29, 1.82) is 0 Å². The third-order valence-corrected chi connectivity index (χ3v) is 2.61. The summed E-state index contributed by atoms with van der Waals surface area (Å²) >= 11 is 0. The normalized spacial score (nSPS) is 32.6. The van der Waals surface area contributed by atoms with Gasteiger partial charge in [0.1, 0.15) is 5.76 Å². The van der Waals surface area contributed by atoms with Gasteiger partial charge in [0.05, 0.1) is 12.7 Å². The van der Waals surface area contributed by atoms with Crippen molar-refractivity contribution in [2.45, 2.75) is 31.7 Å². The lowest BCUT2D eigenvalue weighted by Gasteiger charge is -2.33. The molecule has 88 valence electrons. The van der Waals surface area contributed by atoms with Gasteiger partial charge in [-0.2, -0.15) is 0 Å². The summed E-state index contributed by atoms with van der Waals surface area (Å²) in [6.07, 6.45) is 6.34.